The van der Waals surface area contributed by atoms with Crippen LogP contribution in [0.5, 0.6) is 0 Å². The van der Waals surface area contributed by atoms with Crippen LogP contribution >= 0.6 is 0 Å². The van der Waals surface area contributed by atoms with Crippen LogP contribution in [0.25, 0.3) is 16.6 Å². The predicted octanol–water partition coefficient (Wildman–Crippen LogP) is 0.224. The number of amides is 1. The van der Waals surface area contributed by atoms with Crippen LogP contribution in [0, 0.1) is 0 Å². The highest BCUT2D eigenvalue weighted by Gasteiger charge is 2.15. The number of carbonyl (C=O) groups excluding carboxylic acids is 1. The van der Waals surface area contributed by atoms with Gasteiger partial charge in [-0.1, -0.05) is 18.2 Å². The van der Waals surface area contributed by atoms with E-state index < -0.39 is 0 Å². The van der Waals surface area contributed by atoms with Gasteiger partial charge in [0.2, 0.25) is 5.65 Å². The molecule has 0 saturated carbocycles. The Bertz CT molecular complexity index is 1080. The molecule has 4 rings (SSSR count). The van der Waals surface area contributed by atoms with Crippen LogP contribution < -0.4 is 10.9 Å². The highest BCUT2D eigenvalue weighted by Crippen LogP contribution is 2.14. The summed E-state index contributed by atoms with van der Waals surface area (Å²) in [5, 5.41) is 18.1. The maximum Gasteiger partial charge on any atom is 0.293 e. The molecule has 9 nitrogen and oxygen atoms in total. The van der Waals surface area contributed by atoms with Crippen molar-refractivity contribution in [3.63, 3.8) is 0 Å². The third-order valence-corrected chi connectivity index (χ3v) is 3.50. The van der Waals surface area contributed by atoms with E-state index in [1.54, 1.807) is 6.20 Å². The van der Waals surface area contributed by atoms with Gasteiger partial charge in [-0.05, 0) is 6.07 Å². The van der Waals surface area contributed by atoms with Gasteiger partial charge in [0.25, 0.3) is 11.5 Å². The summed E-state index contributed by atoms with van der Waals surface area (Å²) in [6, 6.07) is 7.37. The van der Waals surface area contributed by atoms with Crippen molar-refractivity contribution in [3.8, 4) is 0 Å². The monoisotopic (exact) mass is 309 g/mol. The second kappa shape index (κ2) is 5.05. The lowest BCUT2D eigenvalue weighted by atomic mass is 10.2. The van der Waals surface area contributed by atoms with Crippen molar-refractivity contribution >= 4 is 22.5 Å². The SMILES string of the molecule is O=C(NCc1nnc2c(=O)[nH]ccn12)c1n[nH]c2ccccc12. The zero-order valence-corrected chi connectivity index (χ0v) is 11.8. The average molecular weight is 309 g/mol. The minimum Gasteiger partial charge on any atom is -0.343 e. The van der Waals surface area contributed by atoms with Gasteiger partial charge in [0, 0.05) is 17.8 Å². The van der Waals surface area contributed by atoms with Crippen molar-refractivity contribution in [2.45, 2.75) is 6.54 Å². The van der Waals surface area contributed by atoms with Crippen LogP contribution in [0.2, 0.25) is 0 Å². The summed E-state index contributed by atoms with van der Waals surface area (Å²) in [7, 11) is 0. The number of nitrogens with zero attached hydrogens (tertiary/aromatic N) is 4. The number of H-pyrrole nitrogens is 2. The fraction of sp³-hybridized carbons (Fsp3) is 0.0714. The Morgan fingerprint density at radius 2 is 2.13 bits per heavy atom. The molecule has 114 valence electrons. The number of hydrogen-bond donors (Lipinski definition) is 3. The number of aromatic nitrogens is 6. The Kier molecular flexibility index (Phi) is 2.90. The van der Waals surface area contributed by atoms with Crippen LogP contribution in [-0.4, -0.2) is 35.7 Å². The molecule has 0 bridgehead atoms. The molecule has 0 saturated heterocycles. The average Bonchev–Trinajstić information content (AvgIpc) is 3.17. The lowest BCUT2D eigenvalue weighted by molar-refractivity contribution is 0.0946. The molecular formula is C14H11N7O2. The Hall–Kier alpha value is -3.49. The molecule has 0 atom stereocenters. The summed E-state index contributed by atoms with van der Waals surface area (Å²) in [5.74, 6) is 0.128. The number of benzene rings is 1. The molecule has 9 heteroatoms. The smallest absolute Gasteiger partial charge is 0.293 e. The van der Waals surface area contributed by atoms with Crippen molar-refractivity contribution in [3.05, 3.63) is 58.5 Å². The number of para-hydroxylation sites is 1. The van der Waals surface area contributed by atoms with Gasteiger partial charge in [-0.2, -0.15) is 5.10 Å². The first kappa shape index (κ1) is 13.2. The number of fused-ring (bicyclic) bond motifs is 2. The standard InChI is InChI=1S/C14H11N7O2/c22-13(11-8-3-1-2-4-9(8)17-19-11)16-7-10-18-20-12-14(23)15-5-6-21(10)12/h1-6H,7H2,(H,15,23)(H,16,22)(H,17,19). The first-order valence-electron chi connectivity index (χ1n) is 6.86. The maximum atomic E-state index is 12.3. The normalized spacial score (nSPS) is 11.1. The van der Waals surface area contributed by atoms with Gasteiger partial charge in [-0.25, -0.2) is 0 Å². The lowest BCUT2D eigenvalue weighted by Gasteiger charge is -2.02. The van der Waals surface area contributed by atoms with Crippen LogP contribution in [0.3, 0.4) is 0 Å². The molecule has 0 aliphatic carbocycles. The van der Waals surface area contributed by atoms with Crippen molar-refractivity contribution in [2.75, 3.05) is 0 Å². The molecule has 1 amide bonds. The van der Waals surface area contributed by atoms with E-state index in [9.17, 15) is 9.59 Å². The van der Waals surface area contributed by atoms with Gasteiger partial charge in [-0.15, -0.1) is 10.2 Å². The fourth-order valence-corrected chi connectivity index (χ4v) is 2.39. The molecular weight excluding hydrogens is 298 g/mol. The molecule has 3 heterocycles. The van der Waals surface area contributed by atoms with Crippen molar-refractivity contribution in [2.24, 2.45) is 0 Å². The van der Waals surface area contributed by atoms with Crippen molar-refractivity contribution in [1.29, 1.82) is 0 Å². The zero-order valence-electron chi connectivity index (χ0n) is 11.8. The highest BCUT2D eigenvalue weighted by atomic mass is 16.2. The predicted molar refractivity (Wildman–Crippen MR) is 80.9 cm³/mol. The Labute approximate surface area is 128 Å². The number of rotatable bonds is 3. The van der Waals surface area contributed by atoms with Gasteiger partial charge >= 0.3 is 0 Å². The molecule has 0 unspecified atom stereocenters. The Morgan fingerprint density at radius 3 is 3.04 bits per heavy atom. The van der Waals surface area contributed by atoms with Gasteiger partial charge < -0.3 is 10.3 Å². The minimum absolute atomic E-state index is 0.130. The maximum absolute atomic E-state index is 12.3. The summed E-state index contributed by atoms with van der Waals surface area (Å²) < 4.78 is 1.53. The molecule has 0 aliphatic heterocycles. The summed E-state index contributed by atoms with van der Waals surface area (Å²) >= 11 is 0. The summed E-state index contributed by atoms with van der Waals surface area (Å²) in [5.41, 5.74) is 0.946. The Morgan fingerprint density at radius 1 is 1.26 bits per heavy atom. The van der Waals surface area contributed by atoms with E-state index in [-0.39, 0.29) is 23.7 Å². The van der Waals surface area contributed by atoms with E-state index in [0.717, 1.165) is 10.9 Å². The van der Waals surface area contributed by atoms with Gasteiger partial charge in [0.1, 0.15) is 0 Å². The first-order valence-corrected chi connectivity index (χ1v) is 6.86. The number of carbonyl (C=O) groups is 1. The Balaban J connectivity index is 1.60. The minimum atomic E-state index is -0.337. The van der Waals surface area contributed by atoms with E-state index in [0.29, 0.717) is 11.5 Å². The summed E-state index contributed by atoms with van der Waals surface area (Å²) in [6.45, 7) is 0.130. The molecule has 0 aliphatic rings. The third-order valence-electron chi connectivity index (χ3n) is 3.50. The number of nitrogens with one attached hydrogen (secondary N) is 3. The quantitative estimate of drug-likeness (QED) is 0.500. The van der Waals surface area contributed by atoms with Crippen LogP contribution in [0.1, 0.15) is 16.3 Å². The van der Waals surface area contributed by atoms with E-state index in [4.69, 9.17) is 0 Å². The lowest BCUT2D eigenvalue weighted by Crippen LogP contribution is -2.24. The molecule has 23 heavy (non-hydrogen) atoms. The molecule has 3 N–H and O–H groups in total. The van der Waals surface area contributed by atoms with Gasteiger partial charge in [-0.3, -0.25) is 19.1 Å². The van der Waals surface area contributed by atoms with Crippen molar-refractivity contribution in [1.82, 2.24) is 35.1 Å². The topological polar surface area (TPSA) is 121 Å². The highest BCUT2D eigenvalue weighted by molar-refractivity contribution is 6.04. The van der Waals surface area contributed by atoms with Gasteiger partial charge in [0.05, 0.1) is 12.1 Å². The van der Waals surface area contributed by atoms with E-state index in [1.165, 1.54) is 10.6 Å². The summed E-state index contributed by atoms with van der Waals surface area (Å²) in [4.78, 5) is 26.4. The van der Waals surface area contributed by atoms with Crippen LogP contribution in [-0.2, 0) is 6.54 Å². The second-order valence-electron chi connectivity index (χ2n) is 4.90. The molecule has 0 radical (unpaired) electrons. The molecule has 0 fully saturated rings. The van der Waals surface area contributed by atoms with E-state index >= 15 is 0 Å². The molecule has 1 aromatic carbocycles. The largest absolute Gasteiger partial charge is 0.343 e. The number of aromatic amines is 2. The second-order valence-corrected chi connectivity index (χ2v) is 4.90. The fourth-order valence-electron chi connectivity index (χ4n) is 2.39. The van der Waals surface area contributed by atoms with E-state index in [1.807, 2.05) is 24.3 Å². The molecule has 3 aromatic heterocycles. The zero-order chi connectivity index (χ0) is 15.8. The molecule has 0 spiro atoms. The third kappa shape index (κ3) is 2.14. The van der Waals surface area contributed by atoms with Gasteiger partial charge in [0.15, 0.2) is 11.5 Å². The molecule has 4 aromatic rings. The first-order chi connectivity index (χ1) is 11.2. The summed E-state index contributed by atoms with van der Waals surface area (Å²) in [6.07, 6.45) is 3.12. The van der Waals surface area contributed by atoms with Crippen molar-refractivity contribution < 1.29 is 4.79 Å². The number of hydrogen-bond acceptors (Lipinski definition) is 5. The van der Waals surface area contributed by atoms with E-state index in [2.05, 4.69) is 30.7 Å². The van der Waals surface area contributed by atoms with Crippen LogP contribution in [0.15, 0.2) is 41.5 Å². The van der Waals surface area contributed by atoms with Crippen LogP contribution in [0.4, 0.5) is 0 Å².